The van der Waals surface area contributed by atoms with Gasteiger partial charge < -0.3 is 41.4 Å². The van der Waals surface area contributed by atoms with Crippen molar-refractivity contribution in [2.75, 3.05) is 26.3 Å². The molecule has 7 rings (SSSR count). The summed E-state index contributed by atoms with van der Waals surface area (Å²) in [6, 6.07) is 29.1. The fraction of sp³-hybridized carbons (Fsp3) is 0.227. The van der Waals surface area contributed by atoms with Crippen molar-refractivity contribution >= 4 is 35.4 Å². The van der Waals surface area contributed by atoms with E-state index in [-0.39, 0.29) is 50.6 Å². The van der Waals surface area contributed by atoms with Crippen LogP contribution in [-0.2, 0) is 55.0 Å². The second kappa shape index (κ2) is 21.6. The van der Waals surface area contributed by atoms with E-state index in [4.69, 9.17) is 9.47 Å². The average molecular weight is 869 g/mol. The Hall–Kier alpha value is -8.10. The summed E-state index contributed by atoms with van der Waals surface area (Å²) in [7, 11) is 0. The first-order chi connectivity index (χ1) is 31.2. The standard InChI is InChI=1S/C44H44N12O8/c57-39-21-47-43(61)35(27-63-25-29-11-3-1-4-12-29)49-41(59)33-15-7-9-17-37(33)55-23-32(51-53-55)20-46-40(58)22-48-44(62)36(28-64-26-30-13-5-2-6-14-30)50-42(60)34-16-8-10-18-38(34)56-24-31(19-45-39)52-54-56/h1-18,23-24,35-36H,19-22,25-28H2,(H,45,57)(H,46,58)(H,47,61)(H,48,62)(H,49,59)(H,50,60)/t35-,36-/m0/s1. The Balaban J connectivity index is 1.11. The third-order valence-electron chi connectivity index (χ3n) is 9.69. The summed E-state index contributed by atoms with van der Waals surface area (Å²) in [6.45, 7) is -1.20. The van der Waals surface area contributed by atoms with Gasteiger partial charge in [0, 0.05) is 0 Å². The van der Waals surface area contributed by atoms with Gasteiger partial charge >= 0.3 is 0 Å². The molecule has 64 heavy (non-hydrogen) atoms. The molecule has 1 aliphatic heterocycles. The number of nitrogens with one attached hydrogen (secondary N) is 6. The van der Waals surface area contributed by atoms with Gasteiger partial charge in [0.1, 0.15) is 23.5 Å². The molecule has 20 heteroatoms. The lowest BCUT2D eigenvalue weighted by Gasteiger charge is -2.19. The summed E-state index contributed by atoms with van der Waals surface area (Å²) in [6.07, 6.45) is 3.02. The number of nitrogens with zero attached hydrogens (tertiary/aromatic N) is 6. The normalized spacial score (nSPS) is 16.9. The average Bonchev–Trinajstić information content (AvgIpc) is 4.01. The number of carbonyl (C=O) groups excluding carboxylic acids is 6. The summed E-state index contributed by atoms with van der Waals surface area (Å²) in [5, 5.41) is 32.5. The maximum absolute atomic E-state index is 13.8. The van der Waals surface area contributed by atoms with Crippen molar-refractivity contribution in [3.63, 3.8) is 0 Å². The highest BCUT2D eigenvalue weighted by atomic mass is 16.5. The van der Waals surface area contributed by atoms with E-state index < -0.39 is 60.6 Å². The molecule has 328 valence electrons. The molecular weight excluding hydrogens is 825 g/mol. The molecule has 4 bridgehead atoms. The van der Waals surface area contributed by atoms with E-state index in [0.717, 1.165) is 11.1 Å². The molecule has 0 aliphatic carbocycles. The number of rotatable bonds is 8. The van der Waals surface area contributed by atoms with Crippen molar-refractivity contribution in [2.24, 2.45) is 0 Å². The smallest absolute Gasteiger partial charge is 0.254 e. The molecule has 0 spiro atoms. The van der Waals surface area contributed by atoms with Gasteiger partial charge in [-0.1, -0.05) is 95.4 Å². The molecular formula is C44H44N12O8. The molecule has 2 atom stereocenters. The molecule has 0 radical (unpaired) electrons. The molecule has 0 fully saturated rings. The summed E-state index contributed by atoms with van der Waals surface area (Å²) >= 11 is 0. The molecule has 2 aromatic heterocycles. The van der Waals surface area contributed by atoms with Crippen molar-refractivity contribution in [2.45, 2.75) is 38.4 Å². The van der Waals surface area contributed by atoms with Crippen molar-refractivity contribution in [3.8, 4) is 11.4 Å². The van der Waals surface area contributed by atoms with Crippen molar-refractivity contribution < 1.29 is 38.2 Å². The van der Waals surface area contributed by atoms with Crippen LogP contribution in [0.25, 0.3) is 11.4 Å². The second-order valence-corrected chi connectivity index (χ2v) is 14.4. The number of hydrogen-bond acceptors (Lipinski definition) is 12. The third kappa shape index (κ3) is 12.0. The van der Waals surface area contributed by atoms with Crippen LogP contribution in [-0.4, -0.2) is 104 Å². The molecule has 6 aromatic rings. The Morgan fingerprint density at radius 3 is 1.30 bits per heavy atom. The largest absolute Gasteiger partial charge is 0.374 e. The van der Waals surface area contributed by atoms with Crippen LogP contribution >= 0.6 is 0 Å². The number of ether oxygens (including phenoxy) is 2. The predicted molar refractivity (Wildman–Crippen MR) is 227 cm³/mol. The highest BCUT2D eigenvalue weighted by Gasteiger charge is 2.26. The monoisotopic (exact) mass is 868 g/mol. The number of carbonyl (C=O) groups is 6. The van der Waals surface area contributed by atoms with Gasteiger partial charge in [0.25, 0.3) is 11.8 Å². The van der Waals surface area contributed by atoms with Crippen LogP contribution in [0.15, 0.2) is 122 Å². The molecule has 20 nitrogen and oxygen atoms in total. The van der Waals surface area contributed by atoms with Crippen molar-refractivity contribution in [1.82, 2.24) is 61.9 Å². The maximum atomic E-state index is 13.8. The summed E-state index contributed by atoms with van der Waals surface area (Å²) in [4.78, 5) is 80.7. The van der Waals surface area contributed by atoms with Gasteiger partial charge in [-0.25, -0.2) is 9.36 Å². The molecule has 0 saturated heterocycles. The Labute approximate surface area is 366 Å². The van der Waals surface area contributed by atoms with Gasteiger partial charge in [-0.3, -0.25) is 28.8 Å². The zero-order valence-corrected chi connectivity index (χ0v) is 34.3. The van der Waals surface area contributed by atoms with Gasteiger partial charge in [0.05, 0.1) is 87.5 Å². The first-order valence-electron chi connectivity index (χ1n) is 20.2. The first-order valence-corrected chi connectivity index (χ1v) is 20.2. The van der Waals surface area contributed by atoms with E-state index in [1.165, 1.54) is 21.8 Å². The number of benzene rings is 4. The SMILES string of the molecule is O=C1CNC(=O)[C@H](COCc2ccccc2)NC(=O)c2ccccc2-n2cc(nn2)CNC(=O)CNC(=O)[C@H](COCc2ccccc2)NC(=O)c2ccccc2-n2cc(nn2)CN1. The van der Waals surface area contributed by atoms with Gasteiger partial charge in [-0.15, -0.1) is 10.2 Å². The minimum absolute atomic E-state index is 0.0845. The lowest BCUT2D eigenvalue weighted by molar-refractivity contribution is -0.128. The van der Waals surface area contributed by atoms with E-state index in [1.54, 1.807) is 48.5 Å². The Bertz CT molecular complexity index is 2410. The molecule has 1 aliphatic rings. The lowest BCUT2D eigenvalue weighted by atomic mass is 10.1. The van der Waals surface area contributed by atoms with Crippen molar-refractivity contribution in [3.05, 3.63) is 155 Å². The topological polar surface area (TPSA) is 254 Å². The van der Waals surface area contributed by atoms with E-state index in [9.17, 15) is 28.8 Å². The van der Waals surface area contributed by atoms with E-state index in [1.807, 2.05) is 60.7 Å². The second-order valence-electron chi connectivity index (χ2n) is 14.4. The lowest BCUT2D eigenvalue weighted by Crippen LogP contribution is -2.51. The van der Waals surface area contributed by atoms with Crippen LogP contribution in [0.2, 0.25) is 0 Å². The summed E-state index contributed by atoms with van der Waals surface area (Å²) < 4.78 is 14.4. The quantitative estimate of drug-likeness (QED) is 0.123. The van der Waals surface area contributed by atoms with Gasteiger partial charge in [0.2, 0.25) is 23.6 Å². The van der Waals surface area contributed by atoms with Crippen LogP contribution in [0.5, 0.6) is 0 Å². The van der Waals surface area contributed by atoms with Gasteiger partial charge in [-0.2, -0.15) is 0 Å². The highest BCUT2D eigenvalue weighted by molar-refractivity contribution is 6.01. The minimum Gasteiger partial charge on any atom is -0.374 e. The number of aromatic nitrogens is 6. The number of amides is 6. The van der Waals surface area contributed by atoms with E-state index >= 15 is 0 Å². The Morgan fingerprint density at radius 2 is 0.875 bits per heavy atom. The number of fused-ring (bicyclic) bond motifs is 8. The molecule has 4 aromatic carbocycles. The summed E-state index contributed by atoms with van der Waals surface area (Å²) in [5.41, 5.74) is 3.26. The number of para-hydroxylation sites is 2. The third-order valence-corrected chi connectivity index (χ3v) is 9.69. The minimum atomic E-state index is -1.22. The van der Waals surface area contributed by atoms with Crippen LogP contribution in [0.3, 0.4) is 0 Å². The summed E-state index contributed by atoms with van der Waals surface area (Å²) in [5.74, 6) is -3.75. The molecule has 6 amide bonds. The zero-order chi connectivity index (χ0) is 44.7. The predicted octanol–water partition coefficient (Wildman–Crippen LogP) is 0.657. The zero-order valence-electron chi connectivity index (χ0n) is 34.3. The highest BCUT2D eigenvalue weighted by Crippen LogP contribution is 2.16. The maximum Gasteiger partial charge on any atom is 0.254 e. The fourth-order valence-electron chi connectivity index (χ4n) is 6.39. The Kier molecular flexibility index (Phi) is 14.9. The molecule has 0 saturated carbocycles. The van der Waals surface area contributed by atoms with Crippen LogP contribution in [0.4, 0.5) is 0 Å². The van der Waals surface area contributed by atoms with Crippen LogP contribution < -0.4 is 31.9 Å². The van der Waals surface area contributed by atoms with Crippen LogP contribution in [0, 0.1) is 0 Å². The van der Waals surface area contributed by atoms with E-state index in [0.29, 0.717) is 22.8 Å². The van der Waals surface area contributed by atoms with Crippen molar-refractivity contribution in [1.29, 1.82) is 0 Å². The molecule has 0 unspecified atom stereocenters. The first kappa shape index (κ1) is 44.0. The Morgan fingerprint density at radius 1 is 0.484 bits per heavy atom. The van der Waals surface area contributed by atoms with Crippen LogP contribution in [0.1, 0.15) is 43.2 Å². The molecule has 3 heterocycles. The molecule has 6 N–H and O–H groups in total. The number of hydrogen-bond donors (Lipinski definition) is 6. The fourth-order valence-corrected chi connectivity index (χ4v) is 6.39. The van der Waals surface area contributed by atoms with Gasteiger partial charge in [0.15, 0.2) is 0 Å². The van der Waals surface area contributed by atoms with Gasteiger partial charge in [-0.05, 0) is 35.4 Å². The van der Waals surface area contributed by atoms with E-state index in [2.05, 4.69) is 52.5 Å².